The van der Waals surface area contributed by atoms with Crippen molar-refractivity contribution in [2.24, 2.45) is 23.7 Å². The molecule has 0 bridgehead atoms. The van der Waals surface area contributed by atoms with Gasteiger partial charge in [-0.15, -0.1) is 0 Å². The molecule has 4 aliphatic rings. The van der Waals surface area contributed by atoms with Crippen molar-refractivity contribution in [1.82, 2.24) is 0 Å². The monoisotopic (exact) mass is 796 g/mol. The molecule has 49 heavy (non-hydrogen) atoms. The summed E-state index contributed by atoms with van der Waals surface area (Å²) in [4.78, 5) is 53.5. The van der Waals surface area contributed by atoms with Gasteiger partial charge in [-0.1, -0.05) is 0 Å². The van der Waals surface area contributed by atoms with E-state index in [1.807, 2.05) is 0 Å². The van der Waals surface area contributed by atoms with Gasteiger partial charge in [-0.3, -0.25) is 0 Å². The van der Waals surface area contributed by atoms with E-state index in [4.69, 9.17) is 12.3 Å². The van der Waals surface area contributed by atoms with E-state index in [2.05, 4.69) is 0 Å². The first kappa shape index (κ1) is 40.4. The molecule has 280 valence electrons. The van der Waals surface area contributed by atoms with Crippen molar-refractivity contribution in [3.05, 3.63) is 0 Å². The van der Waals surface area contributed by atoms with Gasteiger partial charge in [0.25, 0.3) is 0 Å². The van der Waals surface area contributed by atoms with Crippen molar-refractivity contribution < 1.29 is 31.5 Å². The molecule has 4 saturated carbocycles. The molecule has 0 radical (unpaired) electrons. The summed E-state index contributed by atoms with van der Waals surface area (Å²) in [6.45, 7) is 0. The van der Waals surface area contributed by atoms with Gasteiger partial charge in [0, 0.05) is 0 Å². The van der Waals surface area contributed by atoms with Crippen LogP contribution in [0.5, 0.6) is 0 Å². The van der Waals surface area contributed by atoms with E-state index in [1.165, 1.54) is 128 Å². The summed E-state index contributed by atoms with van der Waals surface area (Å²) >= 11 is -5.82. The van der Waals surface area contributed by atoms with Gasteiger partial charge in [-0.05, 0) is 0 Å². The van der Waals surface area contributed by atoms with Gasteiger partial charge >= 0.3 is 305 Å². The molecule has 0 heterocycles. The fourth-order valence-electron chi connectivity index (χ4n) is 8.93. The quantitative estimate of drug-likeness (QED) is 0.112. The Balaban J connectivity index is 1.39. The van der Waals surface area contributed by atoms with E-state index >= 15 is 0 Å². The third-order valence-corrected chi connectivity index (χ3v) is 17.3. The average Bonchev–Trinajstić information content (AvgIpc) is 3.10. The van der Waals surface area contributed by atoms with Gasteiger partial charge in [0.2, 0.25) is 0 Å². The Morgan fingerprint density at radius 1 is 0.347 bits per heavy atom. The van der Waals surface area contributed by atoms with Gasteiger partial charge in [-0.2, -0.15) is 0 Å². The number of rotatable bonds is 20. The molecule has 0 unspecified atom stereocenters. The van der Waals surface area contributed by atoms with E-state index in [9.17, 15) is 19.2 Å². The van der Waals surface area contributed by atoms with Gasteiger partial charge in [0.05, 0.1) is 0 Å². The molecule has 0 spiro atoms. The molecule has 9 heteroatoms. The third kappa shape index (κ3) is 16.7. The molecule has 8 nitrogen and oxygen atoms in total. The molecule has 0 aromatic rings. The Hall–Kier alpha value is -1.32. The Labute approximate surface area is 303 Å². The van der Waals surface area contributed by atoms with Crippen LogP contribution in [0.25, 0.3) is 0 Å². The van der Waals surface area contributed by atoms with Crippen molar-refractivity contribution in [3.8, 4) is 0 Å². The zero-order chi connectivity index (χ0) is 34.6. The molecule has 4 aliphatic carbocycles. The molecule has 0 aromatic carbocycles. The average molecular weight is 796 g/mol. The Morgan fingerprint density at radius 3 is 0.755 bits per heavy atom. The first-order valence-corrected chi connectivity index (χ1v) is 25.4. The molecular formula is C40H68O8Sn. The van der Waals surface area contributed by atoms with Crippen LogP contribution in [0.1, 0.15) is 205 Å². The Morgan fingerprint density at radius 2 is 0.551 bits per heavy atom. The fraction of sp³-hybridized carbons (Fsp3) is 0.900. The summed E-state index contributed by atoms with van der Waals surface area (Å²) in [5.41, 5.74) is 0. The molecule has 0 aliphatic heterocycles. The SMILES string of the molecule is O=C(CCCC1CCCCC1)[O][Sn]([O]C(=O)CCCC1CCCCC1)([O]C(=O)CCCC1CCCCC1)[O]C(=O)CCCC1CCCCC1. The van der Waals surface area contributed by atoms with Crippen molar-refractivity contribution in [3.63, 3.8) is 0 Å². The molecule has 4 fully saturated rings. The Bertz CT molecular complexity index is 819. The summed E-state index contributed by atoms with van der Waals surface area (Å²) in [6, 6.07) is 0. The summed E-state index contributed by atoms with van der Waals surface area (Å²) in [7, 11) is 0. The van der Waals surface area contributed by atoms with Gasteiger partial charge in [0.1, 0.15) is 0 Å². The number of carbonyl (C=O) groups is 4. The first-order valence-electron chi connectivity index (χ1n) is 20.8. The zero-order valence-corrected chi connectivity index (χ0v) is 33.6. The molecule has 0 amide bonds. The minimum absolute atomic E-state index is 0.118. The normalized spacial score (nSPS) is 20.4. The van der Waals surface area contributed by atoms with Gasteiger partial charge in [0.15, 0.2) is 0 Å². The third-order valence-electron chi connectivity index (χ3n) is 11.8. The number of carbonyl (C=O) groups excluding carboxylic acids is 4. The van der Waals surface area contributed by atoms with Crippen LogP contribution >= 0.6 is 0 Å². The second kappa shape index (κ2) is 23.3. The number of hydrogen-bond donors (Lipinski definition) is 0. The predicted octanol–water partition coefficient (Wildman–Crippen LogP) is 10.6. The van der Waals surface area contributed by atoms with Crippen LogP contribution in [-0.2, 0) is 31.5 Å². The predicted molar refractivity (Wildman–Crippen MR) is 192 cm³/mol. The van der Waals surface area contributed by atoms with E-state index in [0.717, 1.165) is 25.7 Å². The maximum atomic E-state index is 13.4. The molecule has 0 saturated heterocycles. The van der Waals surface area contributed by atoms with E-state index in [1.54, 1.807) is 0 Å². The summed E-state index contributed by atoms with van der Waals surface area (Å²) in [5.74, 6) is 0.0275. The van der Waals surface area contributed by atoms with Crippen LogP contribution < -0.4 is 0 Å². The van der Waals surface area contributed by atoms with E-state index < -0.39 is 43.9 Å². The second-order valence-electron chi connectivity index (χ2n) is 16.0. The Kier molecular flexibility index (Phi) is 19.2. The summed E-state index contributed by atoms with van der Waals surface area (Å²) in [6.07, 6.45) is 31.3. The topological polar surface area (TPSA) is 105 Å². The minimum atomic E-state index is -5.82. The van der Waals surface area contributed by atoms with Crippen molar-refractivity contribution in [2.45, 2.75) is 205 Å². The van der Waals surface area contributed by atoms with Crippen LogP contribution in [-0.4, -0.2) is 43.9 Å². The summed E-state index contributed by atoms with van der Waals surface area (Å²) in [5, 5.41) is 0. The van der Waals surface area contributed by atoms with Crippen LogP contribution in [0, 0.1) is 23.7 Å². The number of hydrogen-bond acceptors (Lipinski definition) is 8. The maximum absolute atomic E-state index is 13.4. The van der Waals surface area contributed by atoms with Crippen LogP contribution in [0.3, 0.4) is 0 Å². The summed E-state index contributed by atoms with van der Waals surface area (Å²) < 4.78 is 23.5. The zero-order valence-electron chi connectivity index (χ0n) is 30.7. The standard InChI is InChI=1S/4C10H18O2.Sn/c4*11-10(12)8-4-7-9-5-2-1-3-6-9;/h4*9H,1-8H2,(H,11,12);/q;;;;+4/p-4. The van der Waals surface area contributed by atoms with Crippen LogP contribution in [0.4, 0.5) is 0 Å². The van der Waals surface area contributed by atoms with Crippen LogP contribution in [0.15, 0.2) is 0 Å². The van der Waals surface area contributed by atoms with Crippen molar-refractivity contribution in [2.75, 3.05) is 0 Å². The van der Waals surface area contributed by atoms with E-state index in [-0.39, 0.29) is 25.7 Å². The first-order chi connectivity index (χ1) is 23.9. The van der Waals surface area contributed by atoms with Gasteiger partial charge < -0.3 is 0 Å². The molecule has 0 atom stereocenters. The van der Waals surface area contributed by atoms with Crippen molar-refractivity contribution in [1.29, 1.82) is 0 Å². The van der Waals surface area contributed by atoms with E-state index in [0.29, 0.717) is 49.4 Å². The second-order valence-corrected chi connectivity index (χ2v) is 21.2. The molecule has 0 N–H and O–H groups in total. The van der Waals surface area contributed by atoms with Crippen LogP contribution in [0.2, 0.25) is 0 Å². The fourth-order valence-corrected chi connectivity index (χ4v) is 14.0. The molecule has 4 rings (SSSR count). The molecule has 0 aromatic heterocycles. The van der Waals surface area contributed by atoms with Crippen molar-refractivity contribution >= 4 is 43.9 Å². The molecular weight excluding hydrogens is 727 g/mol. The van der Waals surface area contributed by atoms with Gasteiger partial charge in [-0.25, -0.2) is 0 Å².